The van der Waals surface area contributed by atoms with Crippen LogP contribution in [0.1, 0.15) is 52.4 Å². The predicted octanol–water partition coefficient (Wildman–Crippen LogP) is 3.07. The summed E-state index contributed by atoms with van der Waals surface area (Å²) >= 11 is 0. The molecule has 1 fully saturated rings. The molecular weight excluding hydrogens is 186 g/mol. The lowest BCUT2D eigenvalue weighted by molar-refractivity contribution is -0.118. The van der Waals surface area contributed by atoms with Gasteiger partial charge in [-0.3, -0.25) is 4.79 Å². The first-order valence-corrected chi connectivity index (χ1v) is 6.41. The van der Waals surface area contributed by atoms with Crippen molar-refractivity contribution >= 4 is 6.41 Å². The second-order valence-electron chi connectivity index (χ2n) is 5.29. The molecule has 0 aromatic heterocycles. The molecular formula is C13H25NO. The molecule has 88 valence electrons. The molecule has 1 saturated carbocycles. The molecule has 0 unspecified atom stereocenters. The van der Waals surface area contributed by atoms with E-state index in [1.54, 1.807) is 0 Å². The third-order valence-electron chi connectivity index (χ3n) is 3.30. The smallest absolute Gasteiger partial charge is 0.209 e. The first kappa shape index (κ1) is 12.5. The second kappa shape index (κ2) is 6.86. The Morgan fingerprint density at radius 1 is 1.27 bits per heavy atom. The molecule has 15 heavy (non-hydrogen) atoms. The van der Waals surface area contributed by atoms with Crippen molar-refractivity contribution in [3.05, 3.63) is 0 Å². The Labute approximate surface area is 94.0 Å². The summed E-state index contributed by atoms with van der Waals surface area (Å²) in [6.45, 7) is 6.21. The van der Waals surface area contributed by atoms with Gasteiger partial charge < -0.3 is 4.90 Å². The lowest BCUT2D eigenvalue weighted by Crippen LogP contribution is -2.29. The third kappa shape index (κ3) is 5.19. The summed E-state index contributed by atoms with van der Waals surface area (Å²) in [6.07, 6.45) is 9.21. The topological polar surface area (TPSA) is 20.3 Å². The van der Waals surface area contributed by atoms with Gasteiger partial charge in [0.25, 0.3) is 0 Å². The van der Waals surface area contributed by atoms with Crippen LogP contribution in [0.5, 0.6) is 0 Å². The van der Waals surface area contributed by atoms with Gasteiger partial charge in [-0.25, -0.2) is 0 Å². The van der Waals surface area contributed by atoms with Crippen molar-refractivity contribution in [1.29, 1.82) is 0 Å². The van der Waals surface area contributed by atoms with E-state index in [0.717, 1.165) is 25.4 Å². The minimum absolute atomic E-state index is 0.585. The largest absolute Gasteiger partial charge is 0.345 e. The van der Waals surface area contributed by atoms with Crippen molar-refractivity contribution in [2.45, 2.75) is 52.4 Å². The Balaban J connectivity index is 2.17. The summed E-state index contributed by atoms with van der Waals surface area (Å²) in [6, 6.07) is 0. The van der Waals surface area contributed by atoms with Crippen LogP contribution in [0, 0.1) is 11.8 Å². The van der Waals surface area contributed by atoms with Gasteiger partial charge in [-0.2, -0.15) is 0 Å². The predicted molar refractivity (Wildman–Crippen MR) is 63.7 cm³/mol. The maximum absolute atomic E-state index is 10.8. The second-order valence-corrected chi connectivity index (χ2v) is 5.29. The first-order chi connectivity index (χ1) is 7.22. The van der Waals surface area contributed by atoms with Gasteiger partial charge in [0.2, 0.25) is 6.41 Å². The lowest BCUT2D eigenvalue weighted by Gasteiger charge is -2.25. The van der Waals surface area contributed by atoms with Gasteiger partial charge in [0.05, 0.1) is 0 Å². The minimum atomic E-state index is 0.585. The lowest BCUT2D eigenvalue weighted by atomic mass is 9.87. The van der Waals surface area contributed by atoms with Crippen molar-refractivity contribution < 1.29 is 4.79 Å². The van der Waals surface area contributed by atoms with Crippen LogP contribution in [-0.4, -0.2) is 24.4 Å². The van der Waals surface area contributed by atoms with Gasteiger partial charge in [0, 0.05) is 13.1 Å². The van der Waals surface area contributed by atoms with E-state index in [0.29, 0.717) is 5.92 Å². The first-order valence-electron chi connectivity index (χ1n) is 6.41. The normalized spacial score (nSPS) is 18.1. The van der Waals surface area contributed by atoms with Crippen molar-refractivity contribution in [3.8, 4) is 0 Å². The van der Waals surface area contributed by atoms with Crippen LogP contribution in [0.25, 0.3) is 0 Å². The maximum Gasteiger partial charge on any atom is 0.209 e. The van der Waals surface area contributed by atoms with E-state index < -0.39 is 0 Å². The fraction of sp³-hybridized carbons (Fsp3) is 0.923. The molecule has 0 N–H and O–H groups in total. The maximum atomic E-state index is 10.8. The van der Waals surface area contributed by atoms with Crippen LogP contribution in [0.2, 0.25) is 0 Å². The number of rotatable bonds is 6. The molecule has 2 nitrogen and oxygen atoms in total. The molecule has 0 bridgehead atoms. The molecule has 0 aromatic carbocycles. The Kier molecular flexibility index (Phi) is 5.74. The van der Waals surface area contributed by atoms with Crippen LogP contribution in [0.15, 0.2) is 0 Å². The molecule has 1 aliphatic carbocycles. The minimum Gasteiger partial charge on any atom is -0.345 e. The van der Waals surface area contributed by atoms with E-state index in [-0.39, 0.29) is 0 Å². The van der Waals surface area contributed by atoms with Crippen molar-refractivity contribution in [2.75, 3.05) is 13.1 Å². The molecule has 1 aliphatic rings. The fourth-order valence-corrected chi connectivity index (χ4v) is 2.48. The number of amides is 1. The Bertz CT molecular complexity index is 173. The highest BCUT2D eigenvalue weighted by atomic mass is 16.1. The van der Waals surface area contributed by atoms with Crippen LogP contribution < -0.4 is 0 Å². The van der Waals surface area contributed by atoms with Crippen LogP contribution in [-0.2, 0) is 4.79 Å². The average molecular weight is 211 g/mol. The molecule has 0 saturated heterocycles. The Morgan fingerprint density at radius 3 is 2.47 bits per heavy atom. The quantitative estimate of drug-likeness (QED) is 0.618. The van der Waals surface area contributed by atoms with E-state index in [4.69, 9.17) is 0 Å². The van der Waals surface area contributed by atoms with Crippen molar-refractivity contribution in [1.82, 2.24) is 4.90 Å². The number of carbonyl (C=O) groups excluding carboxylic acids is 1. The van der Waals surface area contributed by atoms with Crippen molar-refractivity contribution in [2.24, 2.45) is 11.8 Å². The summed E-state index contributed by atoms with van der Waals surface area (Å²) in [4.78, 5) is 12.8. The summed E-state index contributed by atoms with van der Waals surface area (Å²) in [5.41, 5.74) is 0. The molecule has 2 heteroatoms. The number of carbonyl (C=O) groups is 1. The monoisotopic (exact) mass is 211 g/mol. The van der Waals surface area contributed by atoms with Crippen LogP contribution in [0.3, 0.4) is 0 Å². The number of nitrogens with zero attached hydrogens (tertiary/aromatic N) is 1. The van der Waals surface area contributed by atoms with Gasteiger partial charge >= 0.3 is 0 Å². The van der Waals surface area contributed by atoms with E-state index in [9.17, 15) is 4.79 Å². The molecule has 0 heterocycles. The Morgan fingerprint density at radius 2 is 1.93 bits per heavy atom. The van der Waals surface area contributed by atoms with Gasteiger partial charge in [-0.1, -0.05) is 46.0 Å². The third-order valence-corrected chi connectivity index (χ3v) is 3.30. The molecule has 0 spiro atoms. The zero-order chi connectivity index (χ0) is 11.1. The summed E-state index contributed by atoms with van der Waals surface area (Å²) in [7, 11) is 0. The van der Waals surface area contributed by atoms with Gasteiger partial charge in [0.1, 0.15) is 0 Å². The van der Waals surface area contributed by atoms with Gasteiger partial charge in [0.15, 0.2) is 0 Å². The summed E-state index contributed by atoms with van der Waals surface area (Å²) in [5.74, 6) is 1.47. The fourth-order valence-electron chi connectivity index (χ4n) is 2.48. The summed E-state index contributed by atoms with van der Waals surface area (Å²) in [5, 5.41) is 0. The van der Waals surface area contributed by atoms with Crippen LogP contribution in [0.4, 0.5) is 0 Å². The van der Waals surface area contributed by atoms with Crippen molar-refractivity contribution in [3.63, 3.8) is 0 Å². The molecule has 1 amide bonds. The van der Waals surface area contributed by atoms with E-state index in [1.807, 2.05) is 4.90 Å². The number of hydrogen-bond acceptors (Lipinski definition) is 1. The molecule has 0 aliphatic heterocycles. The van der Waals surface area contributed by atoms with E-state index >= 15 is 0 Å². The average Bonchev–Trinajstić information content (AvgIpc) is 2.25. The molecule has 0 radical (unpaired) electrons. The summed E-state index contributed by atoms with van der Waals surface area (Å²) < 4.78 is 0. The molecule has 0 atom stereocenters. The standard InChI is InChI=1S/C13H25NO/c1-12(2)10-14(11-15)9-8-13-6-4-3-5-7-13/h11-13H,3-10H2,1-2H3. The van der Waals surface area contributed by atoms with E-state index in [1.165, 1.54) is 38.5 Å². The molecule has 0 aromatic rings. The van der Waals surface area contributed by atoms with Gasteiger partial charge in [-0.05, 0) is 18.3 Å². The highest BCUT2D eigenvalue weighted by Crippen LogP contribution is 2.26. The van der Waals surface area contributed by atoms with Gasteiger partial charge in [-0.15, -0.1) is 0 Å². The molecule has 1 rings (SSSR count). The SMILES string of the molecule is CC(C)CN(C=O)CCC1CCCCC1. The highest BCUT2D eigenvalue weighted by molar-refractivity contribution is 5.46. The number of hydrogen-bond donors (Lipinski definition) is 0. The zero-order valence-electron chi connectivity index (χ0n) is 10.2. The zero-order valence-corrected chi connectivity index (χ0v) is 10.2. The Hall–Kier alpha value is -0.530. The van der Waals surface area contributed by atoms with E-state index in [2.05, 4.69) is 13.8 Å². The van der Waals surface area contributed by atoms with Crippen LogP contribution >= 0.6 is 0 Å². The highest BCUT2D eigenvalue weighted by Gasteiger charge is 2.14.